The van der Waals surface area contributed by atoms with E-state index in [2.05, 4.69) is 17.0 Å². The summed E-state index contributed by atoms with van der Waals surface area (Å²) in [5.74, 6) is 0. The van der Waals surface area contributed by atoms with E-state index in [1.54, 1.807) is 4.31 Å². The maximum atomic E-state index is 11.8. The lowest BCUT2D eigenvalue weighted by molar-refractivity contribution is 0.156. The molecule has 0 bridgehead atoms. The Balaban J connectivity index is 1.64. The summed E-state index contributed by atoms with van der Waals surface area (Å²) in [6.07, 6.45) is 11.2. The predicted octanol–water partition coefficient (Wildman–Crippen LogP) is 3.80. The van der Waals surface area contributed by atoms with Crippen LogP contribution in [0.15, 0.2) is 67.0 Å². The van der Waals surface area contributed by atoms with Crippen LogP contribution in [0.25, 0.3) is 0 Å². The molecular formula is C17H20N2O2S. The Morgan fingerprint density at radius 3 is 2.50 bits per heavy atom. The molecule has 22 heavy (non-hydrogen) atoms. The number of hydrogen-bond acceptors (Lipinski definition) is 5. The molecule has 0 saturated heterocycles. The normalized spacial score (nSPS) is 13.5. The summed E-state index contributed by atoms with van der Waals surface area (Å²) in [5.41, 5.74) is 1.25. The molecule has 2 rings (SSSR count). The molecule has 0 saturated carbocycles. The van der Waals surface area contributed by atoms with Crippen LogP contribution >= 0.6 is 11.9 Å². The minimum Gasteiger partial charge on any atom is -0.455 e. The number of hydrogen-bond donors (Lipinski definition) is 0. The molecule has 1 heterocycles. The molecule has 0 aliphatic carbocycles. The third kappa shape index (κ3) is 6.20. The Morgan fingerprint density at radius 1 is 1.14 bits per heavy atom. The highest BCUT2D eigenvalue weighted by Crippen LogP contribution is 2.15. The van der Waals surface area contributed by atoms with Crippen molar-refractivity contribution < 1.29 is 9.53 Å². The van der Waals surface area contributed by atoms with Crippen LogP contribution in [-0.2, 0) is 11.3 Å². The second-order valence-electron chi connectivity index (χ2n) is 4.84. The summed E-state index contributed by atoms with van der Waals surface area (Å²) in [7, 11) is 2.01. The fraction of sp³-hybridized carbons (Fsp3) is 0.235. The van der Waals surface area contributed by atoms with Crippen LogP contribution in [-0.4, -0.2) is 34.7 Å². The second-order valence-corrected chi connectivity index (χ2v) is 5.78. The first-order valence-electron chi connectivity index (χ1n) is 7.11. The lowest BCUT2D eigenvalue weighted by Gasteiger charge is -2.17. The van der Waals surface area contributed by atoms with E-state index < -0.39 is 0 Å². The van der Waals surface area contributed by atoms with Crippen molar-refractivity contribution in [1.82, 2.24) is 9.21 Å². The number of nitrogens with zero attached hydrogens (tertiary/aromatic N) is 2. The molecule has 1 aliphatic rings. The monoisotopic (exact) mass is 316 g/mol. The zero-order chi connectivity index (χ0) is 15.6. The van der Waals surface area contributed by atoms with Crippen molar-refractivity contribution in [2.24, 2.45) is 0 Å². The molecule has 4 nitrogen and oxygen atoms in total. The van der Waals surface area contributed by atoms with Crippen LogP contribution in [0.4, 0.5) is 4.79 Å². The van der Waals surface area contributed by atoms with E-state index in [-0.39, 0.29) is 5.30 Å². The van der Waals surface area contributed by atoms with E-state index in [0.717, 1.165) is 18.5 Å². The summed E-state index contributed by atoms with van der Waals surface area (Å²) in [5, 5.41) is -0.302. The third-order valence-electron chi connectivity index (χ3n) is 2.97. The molecule has 0 radical (unpaired) electrons. The van der Waals surface area contributed by atoms with Gasteiger partial charge in [0, 0.05) is 25.5 Å². The number of ether oxygens (including phenoxy) is 1. The lowest BCUT2D eigenvalue weighted by atomic mass is 10.2. The van der Waals surface area contributed by atoms with E-state index in [0.29, 0.717) is 13.2 Å². The molecular weight excluding hydrogens is 296 g/mol. The second kappa shape index (κ2) is 9.12. The fourth-order valence-electron chi connectivity index (χ4n) is 1.88. The van der Waals surface area contributed by atoms with Gasteiger partial charge in [0.25, 0.3) is 0 Å². The first-order chi connectivity index (χ1) is 10.7. The quantitative estimate of drug-likeness (QED) is 0.589. The summed E-state index contributed by atoms with van der Waals surface area (Å²) >= 11 is 1.03. The number of likely N-dealkylation sites (N-methyl/N-ethyl adjacent to an activating group) is 1. The first kappa shape index (κ1) is 16.4. The van der Waals surface area contributed by atoms with Crippen molar-refractivity contribution in [2.75, 3.05) is 20.2 Å². The van der Waals surface area contributed by atoms with Gasteiger partial charge in [-0.05, 0) is 24.8 Å². The van der Waals surface area contributed by atoms with Crippen LogP contribution < -0.4 is 0 Å². The van der Waals surface area contributed by atoms with Crippen molar-refractivity contribution in [2.45, 2.75) is 6.54 Å². The molecule has 0 N–H and O–H groups in total. The SMILES string of the molecule is CN(CCOC(=O)SN1C=CC=CC=C1)Cc1ccccc1. The summed E-state index contributed by atoms with van der Waals surface area (Å²) in [6, 6.07) is 10.2. The van der Waals surface area contributed by atoms with E-state index in [4.69, 9.17) is 4.74 Å². The van der Waals surface area contributed by atoms with E-state index >= 15 is 0 Å². The number of carbonyl (C=O) groups is 1. The van der Waals surface area contributed by atoms with Crippen molar-refractivity contribution in [3.8, 4) is 0 Å². The van der Waals surface area contributed by atoms with E-state index in [1.165, 1.54) is 5.56 Å². The van der Waals surface area contributed by atoms with Gasteiger partial charge in [-0.2, -0.15) is 0 Å². The number of benzene rings is 1. The van der Waals surface area contributed by atoms with Crippen molar-refractivity contribution in [3.63, 3.8) is 0 Å². The van der Waals surface area contributed by atoms with Crippen LogP contribution in [0.5, 0.6) is 0 Å². The highest BCUT2D eigenvalue weighted by atomic mass is 32.2. The van der Waals surface area contributed by atoms with E-state index in [1.807, 2.05) is 62.0 Å². The third-order valence-corrected chi connectivity index (χ3v) is 3.69. The smallest absolute Gasteiger partial charge is 0.388 e. The van der Waals surface area contributed by atoms with Gasteiger partial charge in [-0.25, -0.2) is 4.79 Å². The van der Waals surface area contributed by atoms with Gasteiger partial charge in [-0.15, -0.1) is 0 Å². The predicted molar refractivity (Wildman–Crippen MR) is 91.0 cm³/mol. The van der Waals surface area contributed by atoms with E-state index in [9.17, 15) is 4.79 Å². The van der Waals surface area contributed by atoms with Gasteiger partial charge < -0.3 is 4.74 Å². The molecule has 0 aromatic heterocycles. The molecule has 5 heteroatoms. The van der Waals surface area contributed by atoms with Gasteiger partial charge in [-0.1, -0.05) is 42.5 Å². The minimum absolute atomic E-state index is 0.302. The zero-order valence-corrected chi connectivity index (χ0v) is 13.4. The Bertz CT molecular complexity index is 539. The molecule has 0 amide bonds. The highest BCUT2D eigenvalue weighted by molar-refractivity contribution is 8.11. The van der Waals surface area contributed by atoms with Crippen LogP contribution in [0.3, 0.4) is 0 Å². The van der Waals surface area contributed by atoms with Crippen LogP contribution in [0, 0.1) is 0 Å². The largest absolute Gasteiger partial charge is 0.455 e. The standard InChI is InChI=1S/C17H20N2O2S/c1-18(15-16-9-5-4-6-10-16)13-14-21-17(20)22-19-11-7-2-3-8-12-19/h2-12H,13-15H2,1H3. The molecule has 1 aliphatic heterocycles. The van der Waals surface area contributed by atoms with Crippen LogP contribution in [0.2, 0.25) is 0 Å². The van der Waals surface area contributed by atoms with Gasteiger partial charge in [0.2, 0.25) is 0 Å². The highest BCUT2D eigenvalue weighted by Gasteiger charge is 2.09. The molecule has 1 aromatic rings. The molecule has 0 spiro atoms. The first-order valence-corrected chi connectivity index (χ1v) is 7.88. The average molecular weight is 316 g/mol. The Labute approximate surface area is 135 Å². The fourth-order valence-corrected chi connectivity index (χ4v) is 2.45. The molecule has 0 fully saturated rings. The van der Waals surface area contributed by atoms with Crippen molar-refractivity contribution in [3.05, 3.63) is 72.6 Å². The molecule has 0 unspecified atom stereocenters. The maximum Gasteiger partial charge on any atom is 0.388 e. The zero-order valence-electron chi connectivity index (χ0n) is 12.6. The van der Waals surface area contributed by atoms with Gasteiger partial charge in [-0.3, -0.25) is 9.21 Å². The maximum absolute atomic E-state index is 11.8. The summed E-state index contributed by atoms with van der Waals surface area (Å²) in [6.45, 7) is 1.93. The van der Waals surface area contributed by atoms with Crippen LogP contribution in [0.1, 0.15) is 5.56 Å². The summed E-state index contributed by atoms with van der Waals surface area (Å²) < 4.78 is 6.96. The number of allylic oxidation sites excluding steroid dienone is 4. The van der Waals surface area contributed by atoms with Gasteiger partial charge in [0.1, 0.15) is 6.61 Å². The lowest BCUT2D eigenvalue weighted by Crippen LogP contribution is -2.23. The van der Waals surface area contributed by atoms with Crippen molar-refractivity contribution >= 4 is 17.2 Å². The molecule has 116 valence electrons. The Hall–Kier alpha value is -1.98. The van der Waals surface area contributed by atoms with Gasteiger partial charge >= 0.3 is 5.30 Å². The Kier molecular flexibility index (Phi) is 6.80. The Morgan fingerprint density at radius 2 is 1.82 bits per heavy atom. The van der Waals surface area contributed by atoms with Gasteiger partial charge in [0.05, 0.1) is 11.9 Å². The average Bonchev–Trinajstić information content (AvgIpc) is 2.77. The summed E-state index contributed by atoms with van der Waals surface area (Å²) in [4.78, 5) is 13.9. The minimum atomic E-state index is -0.302. The number of rotatable bonds is 6. The molecule has 0 atom stereocenters. The molecule has 1 aromatic carbocycles. The van der Waals surface area contributed by atoms with Crippen molar-refractivity contribution in [1.29, 1.82) is 0 Å². The topological polar surface area (TPSA) is 32.8 Å². The number of carbonyl (C=O) groups excluding carboxylic acids is 1. The van der Waals surface area contributed by atoms with Gasteiger partial charge in [0.15, 0.2) is 0 Å².